The summed E-state index contributed by atoms with van der Waals surface area (Å²) >= 11 is 0. The number of rotatable bonds is 2. The van der Waals surface area contributed by atoms with E-state index in [1.165, 1.54) is 24.8 Å². The van der Waals surface area contributed by atoms with Crippen LogP contribution in [-0.4, -0.2) is 30.1 Å². The Hall–Kier alpha value is -0.640. The Balaban J connectivity index is 0.00000120. The van der Waals surface area contributed by atoms with Crippen molar-refractivity contribution in [3.8, 4) is 0 Å². The van der Waals surface area contributed by atoms with E-state index in [1.807, 2.05) is 12.1 Å². The zero-order valence-electron chi connectivity index (χ0n) is 10.4. The summed E-state index contributed by atoms with van der Waals surface area (Å²) in [7, 11) is 0. The molecule has 1 N–H and O–H groups in total. The fourth-order valence-corrected chi connectivity index (χ4v) is 3.01. The minimum atomic E-state index is -0.148. The van der Waals surface area contributed by atoms with Crippen LogP contribution in [0.5, 0.6) is 0 Å². The molecule has 2 atom stereocenters. The van der Waals surface area contributed by atoms with Crippen molar-refractivity contribution in [2.75, 3.05) is 13.1 Å². The number of nitrogens with zero attached hydrogens (tertiary/aromatic N) is 1. The Morgan fingerprint density at radius 2 is 1.83 bits per heavy atom. The first-order valence-electron chi connectivity index (χ1n) is 6.52. The molecule has 2 saturated heterocycles. The van der Waals surface area contributed by atoms with Crippen LogP contribution in [0.3, 0.4) is 0 Å². The second kappa shape index (κ2) is 6.00. The van der Waals surface area contributed by atoms with Crippen LogP contribution < -0.4 is 5.32 Å². The predicted molar refractivity (Wildman–Crippen MR) is 73.5 cm³/mol. The summed E-state index contributed by atoms with van der Waals surface area (Å²) in [6.07, 6.45) is 3.90. The molecule has 2 fully saturated rings. The third-order valence-corrected chi connectivity index (χ3v) is 3.93. The number of hydrogen-bond acceptors (Lipinski definition) is 2. The molecular weight excluding hydrogens is 251 g/mol. The summed E-state index contributed by atoms with van der Waals surface area (Å²) in [6, 6.07) is 8.30. The van der Waals surface area contributed by atoms with Gasteiger partial charge in [-0.2, -0.15) is 0 Å². The molecule has 2 bridgehead atoms. The standard InChI is InChI=1S/C14H19FN2.ClH/c15-12-3-1-11(2-4-12)9-17-8-7-13-5-6-14(10-17)16-13;/h1-4,13-14,16H,5-10H2;1H. The molecule has 0 aliphatic carbocycles. The highest BCUT2D eigenvalue weighted by atomic mass is 35.5. The van der Waals surface area contributed by atoms with Crippen molar-refractivity contribution in [1.29, 1.82) is 0 Å². The van der Waals surface area contributed by atoms with Gasteiger partial charge in [0.15, 0.2) is 0 Å². The molecule has 2 nitrogen and oxygen atoms in total. The van der Waals surface area contributed by atoms with Gasteiger partial charge in [0.1, 0.15) is 5.82 Å². The summed E-state index contributed by atoms with van der Waals surface area (Å²) in [5.74, 6) is -0.148. The molecule has 2 unspecified atom stereocenters. The van der Waals surface area contributed by atoms with Crippen LogP contribution >= 0.6 is 12.4 Å². The van der Waals surface area contributed by atoms with E-state index in [2.05, 4.69) is 10.2 Å². The lowest BCUT2D eigenvalue weighted by Gasteiger charge is -2.23. The molecule has 0 spiro atoms. The van der Waals surface area contributed by atoms with Crippen LogP contribution in [0.4, 0.5) is 4.39 Å². The van der Waals surface area contributed by atoms with Gasteiger partial charge in [-0.25, -0.2) is 4.39 Å². The van der Waals surface area contributed by atoms with Gasteiger partial charge in [-0.05, 0) is 37.0 Å². The monoisotopic (exact) mass is 270 g/mol. The van der Waals surface area contributed by atoms with E-state index in [-0.39, 0.29) is 18.2 Å². The Bertz CT molecular complexity index is 382. The molecule has 100 valence electrons. The van der Waals surface area contributed by atoms with Crippen LogP contribution in [0.2, 0.25) is 0 Å². The fraction of sp³-hybridized carbons (Fsp3) is 0.571. The van der Waals surface area contributed by atoms with Gasteiger partial charge in [-0.3, -0.25) is 4.90 Å². The molecule has 2 aliphatic rings. The molecule has 1 aromatic carbocycles. The molecule has 4 heteroatoms. The minimum absolute atomic E-state index is 0. The molecule has 2 aliphatic heterocycles. The van der Waals surface area contributed by atoms with E-state index in [1.54, 1.807) is 12.1 Å². The lowest BCUT2D eigenvalue weighted by Crippen LogP contribution is -2.34. The van der Waals surface area contributed by atoms with Gasteiger partial charge < -0.3 is 5.32 Å². The molecule has 0 aromatic heterocycles. The lowest BCUT2D eigenvalue weighted by atomic mass is 10.1. The van der Waals surface area contributed by atoms with Crippen LogP contribution in [-0.2, 0) is 6.54 Å². The van der Waals surface area contributed by atoms with Crippen LogP contribution in [0.1, 0.15) is 24.8 Å². The zero-order valence-corrected chi connectivity index (χ0v) is 11.3. The first-order valence-corrected chi connectivity index (χ1v) is 6.52. The number of benzene rings is 1. The van der Waals surface area contributed by atoms with Crippen LogP contribution in [0.15, 0.2) is 24.3 Å². The lowest BCUT2D eigenvalue weighted by molar-refractivity contribution is 0.251. The number of hydrogen-bond donors (Lipinski definition) is 1. The van der Waals surface area contributed by atoms with Crippen molar-refractivity contribution in [1.82, 2.24) is 10.2 Å². The van der Waals surface area contributed by atoms with E-state index in [9.17, 15) is 4.39 Å². The summed E-state index contributed by atoms with van der Waals surface area (Å²) < 4.78 is 12.8. The molecule has 2 heterocycles. The molecule has 0 saturated carbocycles. The maximum absolute atomic E-state index is 12.8. The van der Waals surface area contributed by atoms with Gasteiger partial charge >= 0.3 is 0 Å². The van der Waals surface area contributed by atoms with E-state index >= 15 is 0 Å². The van der Waals surface area contributed by atoms with Gasteiger partial charge in [0.25, 0.3) is 0 Å². The summed E-state index contributed by atoms with van der Waals surface area (Å²) in [5, 5.41) is 3.68. The summed E-state index contributed by atoms with van der Waals surface area (Å²) in [5.41, 5.74) is 1.21. The van der Waals surface area contributed by atoms with Gasteiger partial charge in [0, 0.05) is 31.7 Å². The zero-order chi connectivity index (χ0) is 11.7. The van der Waals surface area contributed by atoms with Crippen LogP contribution in [0, 0.1) is 5.82 Å². The molecule has 18 heavy (non-hydrogen) atoms. The van der Waals surface area contributed by atoms with E-state index in [0.29, 0.717) is 6.04 Å². The smallest absolute Gasteiger partial charge is 0.123 e. The first kappa shape index (κ1) is 13.8. The molecule has 1 aromatic rings. The quantitative estimate of drug-likeness (QED) is 0.889. The normalized spacial score (nSPS) is 27.6. The van der Waals surface area contributed by atoms with E-state index in [0.717, 1.165) is 25.7 Å². The molecule has 0 amide bonds. The van der Waals surface area contributed by atoms with Crippen LogP contribution in [0.25, 0.3) is 0 Å². The van der Waals surface area contributed by atoms with Gasteiger partial charge in [0.05, 0.1) is 0 Å². The highest BCUT2D eigenvalue weighted by molar-refractivity contribution is 5.85. The van der Waals surface area contributed by atoms with Gasteiger partial charge in [0.2, 0.25) is 0 Å². The Labute approximate surface area is 114 Å². The molecular formula is C14H20ClFN2. The van der Waals surface area contributed by atoms with Gasteiger partial charge in [-0.1, -0.05) is 12.1 Å². The highest BCUT2D eigenvalue weighted by Crippen LogP contribution is 2.21. The van der Waals surface area contributed by atoms with Crippen molar-refractivity contribution < 1.29 is 4.39 Å². The van der Waals surface area contributed by atoms with Crippen molar-refractivity contribution >= 4 is 12.4 Å². The average molecular weight is 271 g/mol. The maximum Gasteiger partial charge on any atom is 0.123 e. The number of halogens is 2. The third kappa shape index (κ3) is 3.22. The fourth-order valence-electron chi connectivity index (χ4n) is 3.01. The highest BCUT2D eigenvalue weighted by Gasteiger charge is 2.28. The van der Waals surface area contributed by atoms with E-state index < -0.39 is 0 Å². The van der Waals surface area contributed by atoms with E-state index in [4.69, 9.17) is 0 Å². The first-order chi connectivity index (χ1) is 8.29. The summed E-state index contributed by atoms with van der Waals surface area (Å²) in [6.45, 7) is 3.24. The predicted octanol–water partition coefficient (Wildman–Crippen LogP) is 2.57. The third-order valence-electron chi connectivity index (χ3n) is 3.93. The number of nitrogens with one attached hydrogen (secondary N) is 1. The second-order valence-corrected chi connectivity index (χ2v) is 5.29. The minimum Gasteiger partial charge on any atom is -0.310 e. The molecule has 3 rings (SSSR count). The largest absolute Gasteiger partial charge is 0.310 e. The Kier molecular flexibility index (Phi) is 4.60. The number of likely N-dealkylation sites (tertiary alicyclic amines) is 1. The Morgan fingerprint density at radius 1 is 1.11 bits per heavy atom. The van der Waals surface area contributed by atoms with Crippen molar-refractivity contribution in [2.45, 2.75) is 37.9 Å². The van der Waals surface area contributed by atoms with Crippen molar-refractivity contribution in [2.24, 2.45) is 0 Å². The van der Waals surface area contributed by atoms with Gasteiger partial charge in [-0.15, -0.1) is 12.4 Å². The SMILES string of the molecule is Cl.Fc1ccc(CN2CCC3CCC(C2)N3)cc1. The van der Waals surface area contributed by atoms with Crippen molar-refractivity contribution in [3.05, 3.63) is 35.6 Å². The number of fused-ring (bicyclic) bond motifs is 2. The second-order valence-electron chi connectivity index (χ2n) is 5.29. The topological polar surface area (TPSA) is 15.3 Å². The summed E-state index contributed by atoms with van der Waals surface area (Å²) in [4.78, 5) is 2.49. The van der Waals surface area contributed by atoms with Crippen molar-refractivity contribution in [3.63, 3.8) is 0 Å². The maximum atomic E-state index is 12.8. The Morgan fingerprint density at radius 3 is 2.61 bits per heavy atom. The average Bonchev–Trinajstić information content (AvgIpc) is 2.66. The molecule has 0 radical (unpaired) electrons.